The van der Waals surface area contributed by atoms with Crippen molar-refractivity contribution < 1.29 is 9.13 Å². The Morgan fingerprint density at radius 1 is 1.09 bits per heavy atom. The minimum Gasteiger partial charge on any atom is -0.494 e. The topological polar surface area (TPSA) is 78.4 Å². The lowest BCUT2D eigenvalue weighted by molar-refractivity contribution is 0.252. The lowest BCUT2D eigenvalue weighted by Crippen LogP contribution is -2.42. The fourth-order valence-electron chi connectivity index (χ4n) is 4.35. The first-order valence-corrected chi connectivity index (χ1v) is 11.7. The molecule has 2 N–H and O–H groups in total. The van der Waals surface area contributed by atoms with Gasteiger partial charge < -0.3 is 25.2 Å². The summed E-state index contributed by atoms with van der Waals surface area (Å²) in [5.74, 6) is 1.29. The van der Waals surface area contributed by atoms with Gasteiger partial charge in [-0.1, -0.05) is 12.2 Å². The molecule has 1 saturated heterocycles. The van der Waals surface area contributed by atoms with Crippen LogP contribution in [0.3, 0.4) is 0 Å². The van der Waals surface area contributed by atoms with Gasteiger partial charge >= 0.3 is 0 Å². The van der Waals surface area contributed by atoms with Crippen LogP contribution in [0.1, 0.15) is 38.5 Å². The van der Waals surface area contributed by atoms with Crippen LogP contribution in [-0.2, 0) is 0 Å². The molecule has 0 spiro atoms. The maximum Gasteiger partial charge on any atom is 0.233 e. The number of allylic oxidation sites excluding steroid dienone is 1. The van der Waals surface area contributed by atoms with Gasteiger partial charge in [0.25, 0.3) is 0 Å². The number of nitrogens with zero attached hydrogens (tertiary/aromatic N) is 5. The molecular formula is C24H34FN7O. The van der Waals surface area contributed by atoms with Crippen LogP contribution in [0.2, 0.25) is 0 Å². The standard InChI is InChI=1S/C24H34FN7O/c1-31-14-12-19(13-15-31)32(2)24-29-22(26-17-8-6-4-5-7-9-17)28-23(30-24)27-18-10-11-21(33-3)20(25)16-18/h4,6,10-11,16-17,19H,5,7-9,12-15H2,1-3H3,(H2,26,27,28,29,30). The van der Waals surface area contributed by atoms with Crippen LogP contribution in [0.15, 0.2) is 30.4 Å². The van der Waals surface area contributed by atoms with Crippen molar-refractivity contribution in [3.05, 3.63) is 36.2 Å². The van der Waals surface area contributed by atoms with Crippen LogP contribution in [0, 0.1) is 5.82 Å². The minimum absolute atomic E-state index is 0.197. The summed E-state index contributed by atoms with van der Waals surface area (Å²) in [6.45, 7) is 2.10. The predicted octanol–water partition coefficient (Wildman–Crippen LogP) is 4.20. The van der Waals surface area contributed by atoms with Crippen LogP contribution in [0.4, 0.5) is 27.9 Å². The van der Waals surface area contributed by atoms with Gasteiger partial charge in [-0.2, -0.15) is 15.0 Å². The summed E-state index contributed by atoms with van der Waals surface area (Å²) >= 11 is 0. The van der Waals surface area contributed by atoms with Crippen LogP contribution >= 0.6 is 0 Å². The SMILES string of the molecule is COc1ccc(Nc2nc(NC3CC=CCCC3)nc(N(C)C3CCN(C)CC3)n2)cc1F. The van der Waals surface area contributed by atoms with E-state index in [2.05, 4.69) is 49.6 Å². The summed E-state index contributed by atoms with van der Waals surface area (Å²) in [6.07, 6.45) is 10.8. The third kappa shape index (κ3) is 6.10. The fraction of sp³-hybridized carbons (Fsp3) is 0.542. The number of nitrogens with one attached hydrogen (secondary N) is 2. The monoisotopic (exact) mass is 455 g/mol. The smallest absolute Gasteiger partial charge is 0.233 e. The molecule has 0 saturated carbocycles. The Labute approximate surface area is 195 Å². The summed E-state index contributed by atoms with van der Waals surface area (Å²) in [5, 5.41) is 6.64. The molecule has 1 aromatic heterocycles. The molecule has 2 aromatic rings. The highest BCUT2D eigenvalue weighted by Crippen LogP contribution is 2.26. The van der Waals surface area contributed by atoms with Crippen molar-refractivity contribution in [3.63, 3.8) is 0 Å². The van der Waals surface area contributed by atoms with Gasteiger partial charge in [0.15, 0.2) is 11.6 Å². The molecule has 1 aliphatic carbocycles. The van der Waals surface area contributed by atoms with Crippen molar-refractivity contribution in [2.75, 3.05) is 49.8 Å². The number of methoxy groups -OCH3 is 1. The number of hydrogen-bond donors (Lipinski definition) is 2. The average Bonchev–Trinajstić information content (AvgIpc) is 3.08. The number of benzene rings is 1. The first-order valence-electron chi connectivity index (χ1n) is 11.7. The molecule has 1 unspecified atom stereocenters. The fourth-order valence-corrected chi connectivity index (χ4v) is 4.35. The number of anilines is 4. The summed E-state index contributed by atoms with van der Waals surface area (Å²) in [5.41, 5.74) is 0.552. The van der Waals surface area contributed by atoms with E-state index in [4.69, 9.17) is 9.72 Å². The van der Waals surface area contributed by atoms with Crippen molar-refractivity contribution in [2.45, 2.75) is 50.6 Å². The van der Waals surface area contributed by atoms with E-state index < -0.39 is 5.82 Å². The van der Waals surface area contributed by atoms with Crippen molar-refractivity contribution in [3.8, 4) is 5.75 Å². The normalized spacial score (nSPS) is 19.7. The quantitative estimate of drug-likeness (QED) is 0.602. The van der Waals surface area contributed by atoms with Gasteiger partial charge in [-0.25, -0.2) is 4.39 Å². The molecule has 178 valence electrons. The Kier molecular flexibility index (Phi) is 7.59. The summed E-state index contributed by atoms with van der Waals surface area (Å²) < 4.78 is 19.2. The Morgan fingerprint density at radius 3 is 2.64 bits per heavy atom. The van der Waals surface area contributed by atoms with Crippen molar-refractivity contribution in [1.82, 2.24) is 19.9 Å². The molecule has 0 amide bonds. The molecular weight excluding hydrogens is 421 g/mol. The molecule has 1 fully saturated rings. The van der Waals surface area contributed by atoms with Crippen molar-refractivity contribution >= 4 is 23.5 Å². The number of aromatic nitrogens is 3. The van der Waals surface area contributed by atoms with Crippen molar-refractivity contribution in [2.24, 2.45) is 0 Å². The van der Waals surface area contributed by atoms with Gasteiger partial charge in [-0.3, -0.25) is 0 Å². The second-order valence-corrected chi connectivity index (χ2v) is 8.88. The summed E-state index contributed by atoms with van der Waals surface area (Å²) in [7, 11) is 5.64. The number of likely N-dealkylation sites (tertiary alicyclic amines) is 1. The molecule has 0 bridgehead atoms. The first-order chi connectivity index (χ1) is 16.0. The van der Waals surface area contributed by atoms with E-state index in [1.807, 2.05) is 7.05 Å². The van der Waals surface area contributed by atoms with E-state index in [1.165, 1.54) is 13.2 Å². The van der Waals surface area contributed by atoms with Gasteiger partial charge in [0.1, 0.15) is 0 Å². The Bertz CT molecular complexity index is 962. The Balaban J connectivity index is 1.59. The molecule has 1 aromatic carbocycles. The van der Waals surface area contributed by atoms with Crippen LogP contribution in [0.25, 0.3) is 0 Å². The highest BCUT2D eigenvalue weighted by molar-refractivity contribution is 5.57. The van der Waals surface area contributed by atoms with Gasteiger partial charge in [0.2, 0.25) is 17.8 Å². The predicted molar refractivity (Wildman–Crippen MR) is 130 cm³/mol. The van der Waals surface area contributed by atoms with E-state index in [-0.39, 0.29) is 11.8 Å². The molecule has 9 heteroatoms. The molecule has 0 radical (unpaired) electrons. The highest BCUT2D eigenvalue weighted by Gasteiger charge is 2.24. The second-order valence-electron chi connectivity index (χ2n) is 8.88. The van der Waals surface area contributed by atoms with E-state index in [9.17, 15) is 4.39 Å². The minimum atomic E-state index is -0.441. The second kappa shape index (κ2) is 10.8. The number of rotatable bonds is 7. The zero-order valence-electron chi connectivity index (χ0n) is 19.7. The maximum absolute atomic E-state index is 14.2. The van der Waals surface area contributed by atoms with E-state index in [1.54, 1.807) is 12.1 Å². The zero-order chi connectivity index (χ0) is 23.2. The maximum atomic E-state index is 14.2. The Hall–Kier alpha value is -2.94. The van der Waals surface area contributed by atoms with E-state index in [0.717, 1.165) is 51.6 Å². The largest absolute Gasteiger partial charge is 0.494 e. The van der Waals surface area contributed by atoms with Gasteiger partial charge in [-0.05, 0) is 70.8 Å². The molecule has 1 aliphatic heterocycles. The third-order valence-corrected chi connectivity index (χ3v) is 6.43. The molecule has 1 atom stereocenters. The zero-order valence-corrected chi connectivity index (χ0v) is 19.7. The first kappa shape index (κ1) is 23.2. The number of ether oxygens (including phenoxy) is 1. The highest BCUT2D eigenvalue weighted by atomic mass is 19.1. The van der Waals surface area contributed by atoms with Gasteiger partial charge in [0, 0.05) is 30.9 Å². The van der Waals surface area contributed by atoms with Crippen LogP contribution in [-0.4, -0.2) is 66.2 Å². The number of halogens is 1. The van der Waals surface area contributed by atoms with Crippen molar-refractivity contribution in [1.29, 1.82) is 0 Å². The number of piperidine rings is 1. The van der Waals surface area contributed by atoms with Gasteiger partial charge in [-0.15, -0.1) is 0 Å². The molecule has 8 nitrogen and oxygen atoms in total. The molecule has 33 heavy (non-hydrogen) atoms. The lowest BCUT2D eigenvalue weighted by Gasteiger charge is -2.35. The van der Waals surface area contributed by atoms with E-state index >= 15 is 0 Å². The Morgan fingerprint density at radius 2 is 1.88 bits per heavy atom. The summed E-state index contributed by atoms with van der Waals surface area (Å²) in [6, 6.07) is 5.35. The average molecular weight is 456 g/mol. The molecule has 4 rings (SSSR count). The third-order valence-electron chi connectivity index (χ3n) is 6.43. The number of hydrogen-bond acceptors (Lipinski definition) is 8. The van der Waals surface area contributed by atoms with Crippen LogP contribution in [0.5, 0.6) is 5.75 Å². The molecule has 2 aliphatic rings. The van der Waals surface area contributed by atoms with Gasteiger partial charge in [0.05, 0.1) is 7.11 Å². The lowest BCUT2D eigenvalue weighted by atomic mass is 10.0. The summed E-state index contributed by atoms with van der Waals surface area (Å²) in [4.78, 5) is 18.5. The van der Waals surface area contributed by atoms with E-state index in [0.29, 0.717) is 29.6 Å². The molecule has 2 heterocycles. The van der Waals surface area contributed by atoms with Crippen LogP contribution < -0.4 is 20.3 Å².